The van der Waals surface area contributed by atoms with Crippen LogP contribution in [0.15, 0.2) is 36.5 Å². The number of pyridine rings is 1. The maximum Gasteiger partial charge on any atom is 0.241 e. The van der Waals surface area contributed by atoms with Gasteiger partial charge in [-0.25, -0.2) is 0 Å². The van der Waals surface area contributed by atoms with Gasteiger partial charge >= 0.3 is 0 Å². The minimum Gasteiger partial charge on any atom is -0.490 e. The molecule has 1 aliphatic rings. The van der Waals surface area contributed by atoms with Crippen molar-refractivity contribution >= 4 is 22.7 Å². The van der Waals surface area contributed by atoms with Crippen LogP contribution in [0.4, 0.5) is 0 Å². The Morgan fingerprint density at radius 1 is 1.29 bits per heavy atom. The molecule has 2 heterocycles. The number of para-hydroxylation sites is 1. The summed E-state index contributed by atoms with van der Waals surface area (Å²) in [6.45, 7) is 1.99. The van der Waals surface area contributed by atoms with Crippen molar-refractivity contribution in [1.82, 2.24) is 20.1 Å². The third-order valence-corrected chi connectivity index (χ3v) is 5.02. The summed E-state index contributed by atoms with van der Waals surface area (Å²) in [5.41, 5.74) is 0.867. The number of rotatable bonds is 7. The van der Waals surface area contributed by atoms with Crippen LogP contribution in [0.1, 0.15) is 19.3 Å². The number of hydrogen-bond donors (Lipinski definition) is 1. The van der Waals surface area contributed by atoms with Crippen molar-refractivity contribution in [2.24, 2.45) is 0 Å². The van der Waals surface area contributed by atoms with Gasteiger partial charge in [-0.15, -0.1) is 0 Å². The molecule has 7 nitrogen and oxygen atoms in total. The molecule has 3 rings (SSSR count). The number of nitrogens with one attached hydrogen (secondary N) is 1. The molecule has 0 bridgehead atoms. The molecule has 1 aromatic heterocycles. The van der Waals surface area contributed by atoms with E-state index in [1.807, 2.05) is 30.3 Å². The van der Waals surface area contributed by atoms with Crippen molar-refractivity contribution in [2.75, 3.05) is 40.3 Å². The van der Waals surface area contributed by atoms with Crippen molar-refractivity contribution in [3.63, 3.8) is 0 Å². The Bertz CT molecular complexity index is 819. The fourth-order valence-electron chi connectivity index (χ4n) is 3.33. The molecule has 2 amide bonds. The summed E-state index contributed by atoms with van der Waals surface area (Å²) in [6.07, 6.45) is 3.85. The van der Waals surface area contributed by atoms with Gasteiger partial charge in [-0.3, -0.25) is 14.6 Å². The molecule has 1 N–H and O–H groups in total. The molecule has 0 saturated carbocycles. The maximum absolute atomic E-state index is 12.3. The number of nitrogens with zero attached hydrogens (tertiary/aromatic N) is 3. The molecule has 1 saturated heterocycles. The maximum atomic E-state index is 12.3. The van der Waals surface area contributed by atoms with E-state index in [0.717, 1.165) is 29.5 Å². The van der Waals surface area contributed by atoms with Crippen LogP contribution in [0.2, 0.25) is 0 Å². The zero-order valence-corrected chi connectivity index (χ0v) is 16.6. The highest BCUT2D eigenvalue weighted by molar-refractivity contribution is 5.85. The topological polar surface area (TPSA) is 74.8 Å². The van der Waals surface area contributed by atoms with Gasteiger partial charge in [-0.1, -0.05) is 18.2 Å². The van der Waals surface area contributed by atoms with Gasteiger partial charge < -0.3 is 19.9 Å². The van der Waals surface area contributed by atoms with Crippen LogP contribution in [0.5, 0.6) is 5.75 Å². The van der Waals surface area contributed by atoms with Gasteiger partial charge in [0.05, 0.1) is 6.54 Å². The minimum absolute atomic E-state index is 0.0446. The highest BCUT2D eigenvalue weighted by Gasteiger charge is 2.24. The summed E-state index contributed by atoms with van der Waals surface area (Å²) < 4.78 is 5.91. The largest absolute Gasteiger partial charge is 0.490 e. The van der Waals surface area contributed by atoms with Crippen molar-refractivity contribution in [3.8, 4) is 5.75 Å². The number of hydrogen-bond acceptors (Lipinski definition) is 5. The molecule has 28 heavy (non-hydrogen) atoms. The van der Waals surface area contributed by atoms with Gasteiger partial charge in [0, 0.05) is 51.2 Å². The monoisotopic (exact) mass is 384 g/mol. The molecule has 1 aliphatic heterocycles. The minimum atomic E-state index is -0.0446. The third-order valence-electron chi connectivity index (χ3n) is 5.02. The van der Waals surface area contributed by atoms with E-state index >= 15 is 0 Å². The number of carbonyl (C=O) groups is 2. The fourth-order valence-corrected chi connectivity index (χ4v) is 3.33. The summed E-state index contributed by atoms with van der Waals surface area (Å²) in [7, 11) is 3.42. The van der Waals surface area contributed by atoms with Gasteiger partial charge in [0.2, 0.25) is 11.8 Å². The zero-order valence-electron chi connectivity index (χ0n) is 16.6. The number of carbonyl (C=O) groups excluding carboxylic acids is 2. The first-order chi connectivity index (χ1) is 13.5. The van der Waals surface area contributed by atoms with Crippen LogP contribution in [-0.4, -0.2) is 73.0 Å². The van der Waals surface area contributed by atoms with Crippen LogP contribution < -0.4 is 10.1 Å². The quantitative estimate of drug-likeness (QED) is 0.735. The second kappa shape index (κ2) is 9.50. The van der Waals surface area contributed by atoms with Crippen LogP contribution >= 0.6 is 0 Å². The number of benzene rings is 1. The van der Waals surface area contributed by atoms with E-state index in [2.05, 4.69) is 10.3 Å². The molecule has 1 fully saturated rings. The molecule has 0 aliphatic carbocycles. The highest BCUT2D eigenvalue weighted by Crippen LogP contribution is 2.22. The van der Waals surface area contributed by atoms with Gasteiger partial charge in [0.1, 0.15) is 17.9 Å². The van der Waals surface area contributed by atoms with Crippen LogP contribution in [0, 0.1) is 0 Å². The smallest absolute Gasteiger partial charge is 0.241 e. The fraction of sp³-hybridized carbons (Fsp3) is 0.476. The van der Waals surface area contributed by atoms with Gasteiger partial charge in [-0.05, 0) is 25.0 Å². The number of ether oxygens (including phenoxy) is 1. The second-order valence-electron chi connectivity index (χ2n) is 7.26. The van der Waals surface area contributed by atoms with E-state index in [1.165, 1.54) is 4.90 Å². The second-order valence-corrected chi connectivity index (χ2v) is 7.26. The predicted octanol–water partition coefficient (Wildman–Crippen LogP) is 1.67. The lowest BCUT2D eigenvalue weighted by molar-refractivity contribution is -0.138. The number of likely N-dealkylation sites (N-methyl/N-ethyl adjacent to an activating group) is 1. The van der Waals surface area contributed by atoms with E-state index in [9.17, 15) is 9.59 Å². The van der Waals surface area contributed by atoms with E-state index < -0.39 is 0 Å². The summed E-state index contributed by atoms with van der Waals surface area (Å²) in [6, 6.07) is 10.1. The Morgan fingerprint density at radius 2 is 2.11 bits per heavy atom. The zero-order chi connectivity index (χ0) is 19.9. The number of amides is 2. The number of aromatic nitrogens is 1. The summed E-state index contributed by atoms with van der Waals surface area (Å²) >= 11 is 0. The van der Waals surface area contributed by atoms with Crippen LogP contribution in [-0.2, 0) is 9.59 Å². The Labute approximate surface area is 165 Å². The lowest BCUT2D eigenvalue weighted by Gasteiger charge is -2.22. The van der Waals surface area contributed by atoms with Gasteiger partial charge in [0.15, 0.2) is 0 Å². The molecule has 0 spiro atoms. The first kappa shape index (κ1) is 20.1. The van der Waals surface area contributed by atoms with Gasteiger partial charge in [-0.2, -0.15) is 0 Å². The first-order valence-electron chi connectivity index (χ1n) is 9.72. The standard InChI is InChI=1S/C21H28N4O3/c1-24(2)20(27)15-25-13-10-17(8-9-19(25)26)22-12-14-28-18-7-3-5-16-6-4-11-23-21(16)18/h3-7,11,17,22H,8-10,12-15H2,1-2H3. The molecule has 2 aromatic rings. The van der Waals surface area contributed by atoms with Crippen molar-refractivity contribution in [3.05, 3.63) is 36.5 Å². The van der Waals surface area contributed by atoms with Crippen LogP contribution in [0.3, 0.4) is 0 Å². The molecular weight excluding hydrogens is 356 g/mol. The summed E-state index contributed by atoms with van der Waals surface area (Å²) in [5.74, 6) is 0.791. The summed E-state index contributed by atoms with van der Waals surface area (Å²) in [4.78, 5) is 31.7. The molecule has 150 valence electrons. The molecule has 0 radical (unpaired) electrons. The van der Waals surface area contributed by atoms with Crippen molar-refractivity contribution < 1.29 is 14.3 Å². The Hall–Kier alpha value is -2.67. The average Bonchev–Trinajstić information content (AvgIpc) is 2.87. The lowest BCUT2D eigenvalue weighted by Crippen LogP contribution is -2.40. The normalized spacial score (nSPS) is 17.4. The van der Waals surface area contributed by atoms with Crippen molar-refractivity contribution in [2.45, 2.75) is 25.3 Å². The lowest BCUT2D eigenvalue weighted by atomic mass is 10.1. The molecule has 1 unspecified atom stereocenters. The molecular formula is C21H28N4O3. The summed E-state index contributed by atoms with van der Waals surface area (Å²) in [5, 5.41) is 4.54. The Kier molecular flexibility index (Phi) is 6.81. The average molecular weight is 384 g/mol. The van der Waals surface area contributed by atoms with E-state index in [1.54, 1.807) is 25.2 Å². The molecule has 1 aromatic carbocycles. The van der Waals surface area contributed by atoms with Crippen molar-refractivity contribution in [1.29, 1.82) is 0 Å². The van der Waals surface area contributed by atoms with Crippen LogP contribution in [0.25, 0.3) is 10.9 Å². The Morgan fingerprint density at radius 3 is 2.93 bits per heavy atom. The molecule has 1 atom stereocenters. The van der Waals surface area contributed by atoms with E-state index in [4.69, 9.17) is 4.74 Å². The van der Waals surface area contributed by atoms with Gasteiger partial charge in [0.25, 0.3) is 0 Å². The molecule has 7 heteroatoms. The Balaban J connectivity index is 1.45. The highest BCUT2D eigenvalue weighted by atomic mass is 16.5. The first-order valence-corrected chi connectivity index (χ1v) is 9.72. The third kappa shape index (κ3) is 5.19. The van der Waals surface area contributed by atoms with E-state index in [0.29, 0.717) is 26.1 Å². The SMILES string of the molecule is CN(C)C(=O)CN1CCC(NCCOc2cccc3cccnc23)CCC1=O. The predicted molar refractivity (Wildman–Crippen MR) is 108 cm³/mol. The number of fused-ring (bicyclic) bond motifs is 1. The number of likely N-dealkylation sites (tertiary alicyclic amines) is 1. The van der Waals surface area contributed by atoms with E-state index in [-0.39, 0.29) is 24.4 Å².